The molecule has 0 bridgehead atoms. The number of rotatable bonds is 2. The number of ether oxygens (including phenoxy) is 1. The van der Waals surface area contributed by atoms with E-state index in [2.05, 4.69) is 4.99 Å². The van der Waals surface area contributed by atoms with Crippen LogP contribution in [0.4, 0.5) is 5.82 Å². The third kappa shape index (κ3) is 1.41. The van der Waals surface area contributed by atoms with Gasteiger partial charge in [-0.15, -0.1) is 4.99 Å². The Kier molecular flexibility index (Phi) is 2.27. The molecule has 1 aromatic heterocycles. The number of aryl methyl sites for hydroxylation is 1. The van der Waals surface area contributed by atoms with Crippen molar-refractivity contribution in [3.05, 3.63) is 24.3 Å². The maximum absolute atomic E-state index is 10.2. The minimum Gasteiger partial charge on any atom is -0.495 e. The zero-order chi connectivity index (χ0) is 10.8. The maximum atomic E-state index is 10.2. The Morgan fingerprint density at radius 2 is 2.27 bits per heavy atom. The highest BCUT2D eigenvalue weighted by Gasteiger charge is 2.08. The summed E-state index contributed by atoms with van der Waals surface area (Å²) in [5.74, 6) is 1.34. The van der Waals surface area contributed by atoms with Gasteiger partial charge in [0.2, 0.25) is 6.08 Å². The van der Waals surface area contributed by atoms with Crippen LogP contribution in [0.2, 0.25) is 0 Å². The van der Waals surface area contributed by atoms with Crippen LogP contribution in [0.1, 0.15) is 0 Å². The lowest BCUT2D eigenvalue weighted by Gasteiger charge is -2.04. The van der Waals surface area contributed by atoms with Gasteiger partial charge in [-0.2, -0.15) is 0 Å². The normalized spacial score (nSPS) is 10.0. The summed E-state index contributed by atoms with van der Waals surface area (Å²) in [5, 5.41) is 0.992. The van der Waals surface area contributed by atoms with Gasteiger partial charge in [0, 0.05) is 12.4 Å². The van der Waals surface area contributed by atoms with Crippen molar-refractivity contribution in [2.75, 3.05) is 7.11 Å². The van der Waals surface area contributed by atoms with Gasteiger partial charge in [-0.1, -0.05) is 12.1 Å². The van der Waals surface area contributed by atoms with Gasteiger partial charge in [0.25, 0.3) is 0 Å². The first kappa shape index (κ1) is 9.49. The van der Waals surface area contributed by atoms with Crippen LogP contribution in [0.5, 0.6) is 5.75 Å². The van der Waals surface area contributed by atoms with Crippen molar-refractivity contribution in [3.8, 4) is 5.75 Å². The third-order valence-corrected chi connectivity index (χ3v) is 2.37. The molecule has 2 aromatic rings. The van der Waals surface area contributed by atoms with E-state index in [-0.39, 0.29) is 0 Å². The van der Waals surface area contributed by atoms with E-state index in [1.807, 2.05) is 31.3 Å². The number of aliphatic imine (C=N–C) groups is 1. The number of carbonyl (C=O) groups excluding carboxylic acids is 1. The Bertz CT molecular complexity index is 551. The molecule has 0 saturated carbocycles. The van der Waals surface area contributed by atoms with Gasteiger partial charge < -0.3 is 9.30 Å². The first-order valence-corrected chi connectivity index (χ1v) is 4.48. The molecular weight excluding hydrogens is 192 g/mol. The van der Waals surface area contributed by atoms with Crippen molar-refractivity contribution in [2.45, 2.75) is 0 Å². The molecular formula is C11H10N2O2. The molecule has 0 aliphatic carbocycles. The number of nitrogens with zero attached hydrogens (tertiary/aromatic N) is 2. The first-order chi connectivity index (χ1) is 7.27. The Morgan fingerprint density at radius 3 is 2.93 bits per heavy atom. The molecule has 0 spiro atoms. The lowest BCUT2D eigenvalue weighted by atomic mass is 10.2. The van der Waals surface area contributed by atoms with Crippen molar-refractivity contribution in [2.24, 2.45) is 12.0 Å². The van der Waals surface area contributed by atoms with Crippen molar-refractivity contribution in [3.63, 3.8) is 0 Å². The topological polar surface area (TPSA) is 43.6 Å². The second-order valence-corrected chi connectivity index (χ2v) is 3.16. The Labute approximate surface area is 86.8 Å². The van der Waals surface area contributed by atoms with Gasteiger partial charge in [-0.25, -0.2) is 4.79 Å². The average molecular weight is 202 g/mol. The molecule has 0 fully saturated rings. The van der Waals surface area contributed by atoms with Crippen molar-refractivity contribution in [1.29, 1.82) is 0 Å². The highest BCUT2D eigenvalue weighted by molar-refractivity contribution is 5.89. The van der Waals surface area contributed by atoms with Gasteiger partial charge in [-0.3, -0.25) is 0 Å². The molecule has 2 rings (SSSR count). The zero-order valence-corrected chi connectivity index (χ0v) is 8.52. The Hall–Kier alpha value is -2.06. The van der Waals surface area contributed by atoms with Crippen molar-refractivity contribution >= 4 is 22.8 Å². The Balaban J connectivity index is 2.82. The summed E-state index contributed by atoms with van der Waals surface area (Å²) in [6, 6.07) is 7.54. The van der Waals surface area contributed by atoms with E-state index in [1.165, 1.54) is 6.08 Å². The van der Waals surface area contributed by atoms with Crippen LogP contribution in [-0.4, -0.2) is 17.8 Å². The highest BCUT2D eigenvalue weighted by Crippen LogP contribution is 2.31. The van der Waals surface area contributed by atoms with Crippen LogP contribution in [0.3, 0.4) is 0 Å². The summed E-state index contributed by atoms with van der Waals surface area (Å²) in [6.07, 6.45) is 1.54. The number of benzene rings is 1. The molecule has 4 heteroatoms. The second kappa shape index (κ2) is 3.59. The van der Waals surface area contributed by atoms with Crippen LogP contribution in [0, 0.1) is 0 Å². The van der Waals surface area contributed by atoms with Crippen molar-refractivity contribution < 1.29 is 9.53 Å². The molecule has 0 aliphatic rings. The standard InChI is InChI=1S/C11H10N2O2/c1-13-10(12-7-14)6-8-4-3-5-9(15-2)11(8)13/h3-6H,1-2H3. The van der Waals surface area contributed by atoms with Crippen molar-refractivity contribution in [1.82, 2.24) is 4.57 Å². The molecule has 15 heavy (non-hydrogen) atoms. The minimum atomic E-state index is 0.574. The molecule has 0 unspecified atom stereocenters. The smallest absolute Gasteiger partial charge is 0.242 e. The van der Waals surface area contributed by atoms with E-state index in [0.717, 1.165) is 16.7 Å². The van der Waals surface area contributed by atoms with Gasteiger partial charge in [-0.05, 0) is 12.1 Å². The van der Waals surface area contributed by atoms with Gasteiger partial charge >= 0.3 is 0 Å². The van der Waals surface area contributed by atoms with E-state index in [0.29, 0.717) is 5.82 Å². The predicted molar refractivity (Wildman–Crippen MR) is 57.3 cm³/mol. The lowest BCUT2D eigenvalue weighted by Crippen LogP contribution is -1.90. The molecule has 0 atom stereocenters. The summed E-state index contributed by atoms with van der Waals surface area (Å²) in [6.45, 7) is 0. The van der Waals surface area contributed by atoms with Crippen LogP contribution in [0.15, 0.2) is 29.3 Å². The summed E-state index contributed by atoms with van der Waals surface area (Å²) < 4.78 is 7.04. The van der Waals surface area contributed by atoms with Crippen LogP contribution in [0.25, 0.3) is 10.9 Å². The van der Waals surface area contributed by atoms with E-state index in [1.54, 1.807) is 11.7 Å². The van der Waals surface area contributed by atoms with Gasteiger partial charge in [0.05, 0.1) is 12.6 Å². The van der Waals surface area contributed by atoms with Crippen LogP contribution >= 0.6 is 0 Å². The Morgan fingerprint density at radius 1 is 1.47 bits per heavy atom. The predicted octanol–water partition coefficient (Wildman–Crippen LogP) is 2.15. The number of hydrogen-bond acceptors (Lipinski definition) is 3. The molecule has 4 nitrogen and oxygen atoms in total. The van der Waals surface area contributed by atoms with Gasteiger partial charge in [0.1, 0.15) is 11.6 Å². The minimum absolute atomic E-state index is 0.574. The van der Waals surface area contributed by atoms with E-state index < -0.39 is 0 Å². The lowest BCUT2D eigenvalue weighted by molar-refractivity contribution is 0.418. The maximum Gasteiger partial charge on any atom is 0.242 e. The zero-order valence-electron chi connectivity index (χ0n) is 8.52. The molecule has 0 N–H and O–H groups in total. The molecule has 1 heterocycles. The highest BCUT2D eigenvalue weighted by atomic mass is 16.5. The molecule has 0 radical (unpaired) electrons. The van der Waals surface area contributed by atoms with Crippen LogP contribution < -0.4 is 4.74 Å². The van der Waals surface area contributed by atoms with E-state index >= 15 is 0 Å². The number of hydrogen-bond donors (Lipinski definition) is 0. The summed E-state index contributed by atoms with van der Waals surface area (Å²) in [7, 11) is 3.45. The molecule has 1 aromatic carbocycles. The number of methoxy groups -OCH3 is 1. The SMILES string of the molecule is COc1cccc2cc(N=C=O)n(C)c12. The van der Waals surface area contributed by atoms with E-state index in [9.17, 15) is 4.79 Å². The van der Waals surface area contributed by atoms with Crippen LogP contribution in [-0.2, 0) is 11.8 Å². The fraction of sp³-hybridized carbons (Fsp3) is 0.182. The monoisotopic (exact) mass is 202 g/mol. The molecule has 76 valence electrons. The number of isocyanates is 1. The molecule has 0 amide bonds. The fourth-order valence-corrected chi connectivity index (χ4v) is 1.68. The quantitative estimate of drug-likeness (QED) is 0.553. The second-order valence-electron chi connectivity index (χ2n) is 3.16. The summed E-state index contributed by atoms with van der Waals surface area (Å²) >= 11 is 0. The largest absolute Gasteiger partial charge is 0.495 e. The number of aromatic nitrogens is 1. The number of fused-ring (bicyclic) bond motifs is 1. The first-order valence-electron chi connectivity index (χ1n) is 4.48. The van der Waals surface area contributed by atoms with Gasteiger partial charge in [0.15, 0.2) is 0 Å². The molecule has 0 aliphatic heterocycles. The third-order valence-electron chi connectivity index (χ3n) is 2.37. The average Bonchev–Trinajstić information content (AvgIpc) is 2.57. The summed E-state index contributed by atoms with van der Waals surface area (Å²) in [4.78, 5) is 13.8. The molecule has 0 saturated heterocycles. The number of para-hydroxylation sites is 1. The van der Waals surface area contributed by atoms with E-state index in [4.69, 9.17) is 4.74 Å². The summed E-state index contributed by atoms with van der Waals surface area (Å²) in [5.41, 5.74) is 0.925. The fourth-order valence-electron chi connectivity index (χ4n) is 1.68.